The van der Waals surface area contributed by atoms with Gasteiger partial charge < -0.3 is 0 Å². The molecule has 0 saturated carbocycles. The number of nitrogens with zero attached hydrogens (tertiary/aromatic N) is 1. The molecule has 0 bridgehead atoms. The maximum absolute atomic E-state index is 3.07. The summed E-state index contributed by atoms with van der Waals surface area (Å²) in [5.41, 5.74) is 1.24. The zero-order valence-electron chi connectivity index (χ0n) is 8.86. The molecule has 2 aromatic rings. The van der Waals surface area contributed by atoms with Gasteiger partial charge in [-0.2, -0.15) is 6.07 Å². The number of benzene rings is 1. The van der Waals surface area contributed by atoms with Gasteiger partial charge in [-0.25, -0.2) is 10.6 Å². The van der Waals surface area contributed by atoms with Gasteiger partial charge >= 0.3 is 0 Å². The zero-order valence-corrected chi connectivity index (χ0v) is 10.3. The van der Waals surface area contributed by atoms with Crippen LogP contribution in [-0.2, 0) is 25.6 Å². The number of hydrogen-bond acceptors (Lipinski definition) is 0. The Labute approximate surface area is 97.7 Å². The molecule has 73 valence electrons. The summed E-state index contributed by atoms with van der Waals surface area (Å²) in [5, 5.41) is 1.23. The van der Waals surface area contributed by atoms with Crippen LogP contribution in [0.25, 0.3) is 10.9 Å². The van der Waals surface area contributed by atoms with Crippen LogP contribution in [0.5, 0.6) is 0 Å². The van der Waals surface area contributed by atoms with Gasteiger partial charge in [0, 0.05) is 18.6 Å². The van der Waals surface area contributed by atoms with Crippen LogP contribution in [0, 0.1) is 6.07 Å². The van der Waals surface area contributed by atoms with Gasteiger partial charge in [0.15, 0.2) is 0 Å². The summed E-state index contributed by atoms with van der Waals surface area (Å²) in [7, 11) is 2.03. The van der Waals surface area contributed by atoms with Crippen LogP contribution in [0.1, 0.15) is 13.8 Å². The molecule has 1 aromatic carbocycles. The number of fused-ring (bicyclic) bond motifs is 1. The second kappa shape index (κ2) is 6.64. The van der Waals surface area contributed by atoms with E-state index in [0.29, 0.717) is 0 Å². The van der Waals surface area contributed by atoms with Crippen molar-refractivity contribution in [3.8, 4) is 0 Å². The molecule has 2 heteroatoms. The molecule has 1 radical (unpaired) electrons. The molecule has 0 unspecified atom stereocenters. The number of rotatable bonds is 0. The quantitative estimate of drug-likeness (QED) is 0.478. The summed E-state index contributed by atoms with van der Waals surface area (Å²) >= 11 is 0. The second-order valence-corrected chi connectivity index (χ2v) is 2.61. The van der Waals surface area contributed by atoms with Crippen molar-refractivity contribution in [2.75, 3.05) is 0 Å². The normalized spacial score (nSPS) is 8.50. The number of aromatic nitrogens is 1. The Hall–Kier alpha value is -0.786. The minimum atomic E-state index is 0. The van der Waals surface area contributed by atoms with Crippen LogP contribution in [0.2, 0.25) is 0 Å². The van der Waals surface area contributed by atoms with Crippen molar-refractivity contribution in [2.45, 2.75) is 13.8 Å². The standard InChI is InChI=1S/C10H9N.C2H6.V/c1-11-8-4-6-9-5-2-3-7-10(9)11;1-2;/h2-3,5-8H,1H3;1-2H3;. The van der Waals surface area contributed by atoms with Crippen LogP contribution in [0.3, 0.4) is 0 Å². The fourth-order valence-electron chi connectivity index (χ4n) is 1.24. The Balaban J connectivity index is 0.000000531. The maximum atomic E-state index is 3.07. The molecule has 0 aliphatic heterocycles. The molecule has 0 atom stereocenters. The van der Waals surface area contributed by atoms with E-state index in [9.17, 15) is 0 Å². The molecule has 0 amide bonds. The predicted molar refractivity (Wildman–Crippen MR) is 55.3 cm³/mol. The third kappa shape index (κ3) is 2.86. The minimum absolute atomic E-state index is 0. The van der Waals surface area contributed by atoms with E-state index in [1.54, 1.807) is 0 Å². The number of para-hydroxylation sites is 1. The van der Waals surface area contributed by atoms with Gasteiger partial charge in [0.1, 0.15) is 12.6 Å². The van der Waals surface area contributed by atoms with Crippen molar-refractivity contribution >= 4 is 10.9 Å². The molecule has 1 heterocycles. The zero-order chi connectivity index (χ0) is 9.68. The second-order valence-electron chi connectivity index (χ2n) is 2.61. The molecule has 2 rings (SSSR count). The van der Waals surface area contributed by atoms with Gasteiger partial charge in [-0.1, -0.05) is 26.0 Å². The summed E-state index contributed by atoms with van der Waals surface area (Å²) in [4.78, 5) is 0. The van der Waals surface area contributed by atoms with Gasteiger partial charge in [-0.05, 0) is 6.07 Å². The Bertz CT molecular complexity index is 379. The van der Waals surface area contributed by atoms with Crippen LogP contribution >= 0.6 is 0 Å². The van der Waals surface area contributed by atoms with Crippen LogP contribution in [0.15, 0.2) is 36.5 Å². The Morgan fingerprint density at radius 1 is 1.14 bits per heavy atom. The van der Waals surface area contributed by atoms with E-state index in [1.807, 2.05) is 45.3 Å². The molecule has 0 saturated heterocycles. The number of hydrogen-bond donors (Lipinski definition) is 0. The Kier molecular flexibility index (Phi) is 6.26. The fourth-order valence-corrected chi connectivity index (χ4v) is 1.24. The summed E-state index contributed by atoms with van der Waals surface area (Å²) in [6.07, 6.45) is 1.93. The molecular weight excluding hydrogens is 209 g/mol. The van der Waals surface area contributed by atoms with E-state index in [-0.39, 0.29) is 18.6 Å². The van der Waals surface area contributed by atoms with Crippen LogP contribution < -0.4 is 4.57 Å². The predicted octanol–water partition coefficient (Wildman–Crippen LogP) is 2.49. The smallest absolute Gasteiger partial charge is 0.135 e. The van der Waals surface area contributed by atoms with E-state index >= 15 is 0 Å². The molecule has 0 fully saturated rings. The van der Waals surface area contributed by atoms with Crippen molar-refractivity contribution in [1.29, 1.82) is 0 Å². The molecule has 1 nitrogen and oxygen atoms in total. The van der Waals surface area contributed by atoms with E-state index in [0.717, 1.165) is 0 Å². The molecule has 0 spiro atoms. The molecule has 1 aromatic heterocycles. The van der Waals surface area contributed by atoms with Crippen LogP contribution in [0.4, 0.5) is 0 Å². The first-order valence-corrected chi connectivity index (χ1v) is 4.62. The van der Waals surface area contributed by atoms with E-state index < -0.39 is 0 Å². The van der Waals surface area contributed by atoms with Gasteiger partial charge in [0.05, 0.1) is 6.20 Å². The van der Waals surface area contributed by atoms with Crippen LogP contribution in [-0.4, -0.2) is 0 Å². The van der Waals surface area contributed by atoms with E-state index in [2.05, 4.69) is 22.8 Å². The third-order valence-corrected chi connectivity index (χ3v) is 1.82. The largest absolute Gasteiger partial charge is 0.234 e. The molecular formula is C12H15NV. The maximum Gasteiger partial charge on any atom is 0.135 e. The first-order chi connectivity index (χ1) is 6.38. The van der Waals surface area contributed by atoms with Gasteiger partial charge in [-0.15, -0.1) is 11.5 Å². The topological polar surface area (TPSA) is 3.88 Å². The number of aryl methyl sites for hydroxylation is 1. The van der Waals surface area contributed by atoms with Crippen molar-refractivity contribution in [2.24, 2.45) is 7.05 Å². The average molecular weight is 224 g/mol. The van der Waals surface area contributed by atoms with Gasteiger partial charge in [-0.3, -0.25) is 0 Å². The fraction of sp³-hybridized carbons (Fsp3) is 0.250. The number of pyridine rings is 1. The van der Waals surface area contributed by atoms with Crippen molar-refractivity contribution in [3.63, 3.8) is 0 Å². The van der Waals surface area contributed by atoms with Gasteiger partial charge in [0.25, 0.3) is 0 Å². The van der Waals surface area contributed by atoms with Crippen molar-refractivity contribution < 1.29 is 23.1 Å². The van der Waals surface area contributed by atoms with Crippen molar-refractivity contribution in [3.05, 3.63) is 42.6 Å². The summed E-state index contributed by atoms with van der Waals surface area (Å²) in [5.74, 6) is 0. The first kappa shape index (κ1) is 13.2. The SMILES string of the molecule is CC.C[n+]1c[c-]cc2ccccc21.[V]. The monoisotopic (exact) mass is 224 g/mol. The van der Waals surface area contributed by atoms with E-state index in [1.165, 1.54) is 10.9 Å². The third-order valence-electron chi connectivity index (χ3n) is 1.82. The molecule has 0 aliphatic rings. The van der Waals surface area contributed by atoms with Gasteiger partial charge in [0.2, 0.25) is 0 Å². The average Bonchev–Trinajstić information content (AvgIpc) is 2.22. The Morgan fingerprint density at radius 3 is 2.43 bits per heavy atom. The molecule has 0 N–H and O–H groups in total. The summed E-state index contributed by atoms with van der Waals surface area (Å²) in [6, 6.07) is 13.3. The molecule has 14 heavy (non-hydrogen) atoms. The van der Waals surface area contributed by atoms with Crippen molar-refractivity contribution in [1.82, 2.24) is 0 Å². The minimum Gasteiger partial charge on any atom is -0.234 e. The summed E-state index contributed by atoms with van der Waals surface area (Å²) < 4.78 is 2.06. The van der Waals surface area contributed by atoms with E-state index in [4.69, 9.17) is 0 Å². The summed E-state index contributed by atoms with van der Waals surface area (Å²) in [6.45, 7) is 4.00. The first-order valence-electron chi connectivity index (χ1n) is 4.62. The Morgan fingerprint density at radius 2 is 1.79 bits per heavy atom. The molecule has 0 aliphatic carbocycles.